The van der Waals surface area contributed by atoms with Gasteiger partial charge in [-0.3, -0.25) is 14.8 Å². The van der Waals surface area contributed by atoms with Crippen LogP contribution in [0.4, 0.5) is 19.0 Å². The zero-order valence-electron chi connectivity index (χ0n) is 16.1. The van der Waals surface area contributed by atoms with Gasteiger partial charge in [0.2, 0.25) is 5.91 Å². The van der Waals surface area contributed by atoms with E-state index < -0.39 is 11.7 Å². The Labute approximate surface area is 166 Å². The smallest absolute Gasteiger partial charge is 0.383 e. The Kier molecular flexibility index (Phi) is 5.37. The molecule has 0 saturated carbocycles. The maximum Gasteiger partial charge on any atom is 0.417 e. The fourth-order valence-electron chi connectivity index (χ4n) is 4.39. The van der Waals surface area contributed by atoms with Crippen LogP contribution in [0.25, 0.3) is 11.0 Å². The molecular weight excluding hydrogens is 385 g/mol. The number of carbonyl (C=O) groups is 1. The van der Waals surface area contributed by atoms with Crippen LogP contribution < -0.4 is 5.73 Å². The molecule has 4 rings (SSSR count). The highest BCUT2D eigenvalue weighted by Crippen LogP contribution is 2.39. The number of halogens is 3. The number of fused-ring (bicyclic) bond motifs is 1. The highest BCUT2D eigenvalue weighted by Gasteiger charge is 2.37. The molecule has 0 radical (unpaired) electrons. The lowest BCUT2D eigenvalue weighted by atomic mass is 9.97. The highest BCUT2D eigenvalue weighted by molar-refractivity contribution is 5.89. The SMILES string of the molecule is Nc1[nH]nc2nc(C3CCCCN3CC(=O)N3CCCCC3)cc(C(F)(F)F)c12. The number of likely N-dealkylation sites (tertiary alicyclic amines) is 2. The summed E-state index contributed by atoms with van der Waals surface area (Å²) < 4.78 is 41.0. The summed E-state index contributed by atoms with van der Waals surface area (Å²) in [5.41, 5.74) is 5.08. The van der Waals surface area contributed by atoms with Crippen LogP contribution in [0.3, 0.4) is 0 Å². The van der Waals surface area contributed by atoms with Gasteiger partial charge >= 0.3 is 6.18 Å². The van der Waals surface area contributed by atoms with E-state index in [0.717, 1.165) is 51.3 Å². The Morgan fingerprint density at radius 3 is 2.62 bits per heavy atom. The van der Waals surface area contributed by atoms with Gasteiger partial charge in [-0.25, -0.2) is 4.98 Å². The summed E-state index contributed by atoms with van der Waals surface area (Å²) in [7, 11) is 0. The number of nitrogens with two attached hydrogens (primary N) is 1. The van der Waals surface area contributed by atoms with Crippen molar-refractivity contribution in [3.63, 3.8) is 0 Å². The van der Waals surface area contributed by atoms with Gasteiger partial charge in [0, 0.05) is 13.1 Å². The molecule has 158 valence electrons. The lowest BCUT2D eigenvalue weighted by Gasteiger charge is -2.37. The summed E-state index contributed by atoms with van der Waals surface area (Å²) in [5, 5.41) is 6.05. The minimum absolute atomic E-state index is 0.0396. The molecule has 2 aliphatic heterocycles. The molecule has 0 spiro atoms. The summed E-state index contributed by atoms with van der Waals surface area (Å²) >= 11 is 0. The Balaban J connectivity index is 1.64. The zero-order valence-corrected chi connectivity index (χ0v) is 16.1. The third kappa shape index (κ3) is 4.03. The molecule has 29 heavy (non-hydrogen) atoms. The summed E-state index contributed by atoms with van der Waals surface area (Å²) in [6.07, 6.45) is 1.01. The maximum absolute atomic E-state index is 13.7. The molecule has 2 aromatic heterocycles. The highest BCUT2D eigenvalue weighted by atomic mass is 19.4. The van der Waals surface area contributed by atoms with Gasteiger partial charge in [0.05, 0.1) is 29.2 Å². The molecule has 7 nitrogen and oxygen atoms in total. The van der Waals surface area contributed by atoms with E-state index in [4.69, 9.17) is 5.73 Å². The fraction of sp³-hybridized carbons (Fsp3) is 0.632. The second-order valence-corrected chi connectivity index (χ2v) is 7.85. The molecule has 2 aromatic rings. The molecule has 0 bridgehead atoms. The monoisotopic (exact) mass is 410 g/mol. The summed E-state index contributed by atoms with van der Waals surface area (Å²) in [6.45, 7) is 2.38. The van der Waals surface area contributed by atoms with Crippen LogP contribution in [0.5, 0.6) is 0 Å². The number of nitrogen functional groups attached to an aromatic ring is 1. The van der Waals surface area contributed by atoms with E-state index in [1.54, 1.807) is 0 Å². The number of hydrogen-bond acceptors (Lipinski definition) is 5. The minimum atomic E-state index is -4.57. The number of alkyl halides is 3. The molecule has 2 fully saturated rings. The number of aromatic amines is 1. The van der Waals surface area contributed by atoms with Crippen molar-refractivity contribution >= 4 is 22.8 Å². The van der Waals surface area contributed by atoms with E-state index >= 15 is 0 Å². The van der Waals surface area contributed by atoms with Crippen LogP contribution in [-0.2, 0) is 11.0 Å². The predicted molar refractivity (Wildman–Crippen MR) is 102 cm³/mol. The number of carbonyl (C=O) groups excluding carboxylic acids is 1. The number of nitrogens with one attached hydrogen (secondary N) is 1. The first-order valence-electron chi connectivity index (χ1n) is 10.1. The number of nitrogens with zero attached hydrogens (tertiary/aromatic N) is 4. The third-order valence-corrected chi connectivity index (χ3v) is 5.88. The van der Waals surface area contributed by atoms with Crippen LogP contribution >= 0.6 is 0 Å². The minimum Gasteiger partial charge on any atom is -0.383 e. The van der Waals surface area contributed by atoms with Crippen LogP contribution in [0, 0.1) is 0 Å². The van der Waals surface area contributed by atoms with Gasteiger partial charge in [0.15, 0.2) is 5.65 Å². The van der Waals surface area contributed by atoms with Crippen LogP contribution in [-0.4, -0.2) is 57.1 Å². The van der Waals surface area contributed by atoms with Gasteiger partial charge in [0.25, 0.3) is 0 Å². The summed E-state index contributed by atoms with van der Waals surface area (Å²) in [5.74, 6) is -0.107. The van der Waals surface area contributed by atoms with E-state index in [9.17, 15) is 18.0 Å². The lowest BCUT2D eigenvalue weighted by Crippen LogP contribution is -2.45. The van der Waals surface area contributed by atoms with Gasteiger partial charge in [-0.1, -0.05) is 6.42 Å². The van der Waals surface area contributed by atoms with Gasteiger partial charge in [0.1, 0.15) is 5.82 Å². The average molecular weight is 410 g/mol. The predicted octanol–water partition coefficient (Wildman–Crippen LogP) is 3.10. The van der Waals surface area contributed by atoms with Crippen LogP contribution in [0.2, 0.25) is 0 Å². The molecule has 0 aliphatic carbocycles. The third-order valence-electron chi connectivity index (χ3n) is 5.88. The normalized spacial score (nSPS) is 21.6. The van der Waals surface area contributed by atoms with Gasteiger partial charge in [-0.2, -0.15) is 18.3 Å². The first-order valence-corrected chi connectivity index (χ1v) is 10.1. The molecule has 1 amide bonds. The maximum atomic E-state index is 13.7. The van der Waals surface area contributed by atoms with Crippen LogP contribution in [0.1, 0.15) is 55.8 Å². The van der Waals surface area contributed by atoms with Crippen molar-refractivity contribution in [1.29, 1.82) is 0 Å². The van der Waals surface area contributed by atoms with E-state index in [2.05, 4.69) is 15.2 Å². The molecule has 3 N–H and O–H groups in total. The zero-order chi connectivity index (χ0) is 20.6. The number of amides is 1. The second-order valence-electron chi connectivity index (χ2n) is 7.85. The summed E-state index contributed by atoms with van der Waals surface area (Å²) in [4.78, 5) is 20.9. The van der Waals surface area contributed by atoms with Crippen molar-refractivity contribution in [3.8, 4) is 0 Å². The molecule has 1 unspecified atom stereocenters. The molecule has 1 atom stereocenters. The molecule has 2 saturated heterocycles. The number of aromatic nitrogens is 3. The molecule has 4 heterocycles. The molecule has 2 aliphatic rings. The number of rotatable bonds is 3. The summed E-state index contributed by atoms with van der Waals surface area (Å²) in [6, 6.07) is 0.726. The quantitative estimate of drug-likeness (QED) is 0.811. The average Bonchev–Trinajstić information content (AvgIpc) is 3.08. The lowest BCUT2D eigenvalue weighted by molar-refractivity contribution is -0.137. The van der Waals surface area contributed by atoms with Gasteiger partial charge in [-0.05, 0) is 44.7 Å². The Bertz CT molecular complexity index is 890. The Morgan fingerprint density at radius 2 is 1.90 bits per heavy atom. The first-order chi connectivity index (χ1) is 13.8. The second kappa shape index (κ2) is 7.81. The number of pyridine rings is 1. The van der Waals surface area contributed by atoms with E-state index in [1.165, 1.54) is 0 Å². The molecule has 10 heteroatoms. The molecule has 0 aromatic carbocycles. The topological polar surface area (TPSA) is 91.1 Å². The largest absolute Gasteiger partial charge is 0.417 e. The first kappa shape index (κ1) is 19.9. The van der Waals surface area contributed by atoms with Crippen molar-refractivity contribution in [2.24, 2.45) is 0 Å². The standard InChI is InChI=1S/C19H25F3N6O/c20-19(21,22)12-10-13(24-18-16(12)17(23)25-26-18)14-6-2-5-9-28(14)11-15(29)27-7-3-1-4-8-27/h10,14H,1-9,11H2,(H3,23,24,25,26). The fourth-order valence-corrected chi connectivity index (χ4v) is 4.39. The van der Waals surface area contributed by atoms with Gasteiger partial charge in [-0.15, -0.1) is 0 Å². The van der Waals surface area contributed by atoms with Crippen LogP contribution in [0.15, 0.2) is 6.07 Å². The number of H-pyrrole nitrogens is 1. The number of piperidine rings is 2. The van der Waals surface area contributed by atoms with Crippen molar-refractivity contribution < 1.29 is 18.0 Å². The van der Waals surface area contributed by atoms with Gasteiger partial charge < -0.3 is 10.6 Å². The van der Waals surface area contributed by atoms with Crippen molar-refractivity contribution in [1.82, 2.24) is 25.0 Å². The van der Waals surface area contributed by atoms with Crippen molar-refractivity contribution in [2.45, 2.75) is 50.7 Å². The number of anilines is 1. The van der Waals surface area contributed by atoms with E-state index in [1.807, 2.05) is 9.80 Å². The Morgan fingerprint density at radius 1 is 1.17 bits per heavy atom. The van der Waals surface area contributed by atoms with Crippen molar-refractivity contribution in [3.05, 3.63) is 17.3 Å². The van der Waals surface area contributed by atoms with E-state index in [-0.39, 0.29) is 35.3 Å². The van der Waals surface area contributed by atoms with Crippen molar-refractivity contribution in [2.75, 3.05) is 31.9 Å². The Hall–Kier alpha value is -2.36. The number of hydrogen-bond donors (Lipinski definition) is 2. The van der Waals surface area contributed by atoms with E-state index in [0.29, 0.717) is 18.7 Å². The molecular formula is C19H25F3N6O.